The molecule has 0 heterocycles. The number of hydrogen-bond acceptors (Lipinski definition) is 1. The Bertz CT molecular complexity index is 251. The van der Waals surface area contributed by atoms with E-state index in [4.69, 9.17) is 4.74 Å². The van der Waals surface area contributed by atoms with E-state index in [1.54, 1.807) is 7.11 Å². The van der Waals surface area contributed by atoms with Gasteiger partial charge in [0.05, 0.1) is 7.11 Å². The number of benzene rings is 1. The minimum Gasteiger partial charge on any atom is -0.496 e. The third-order valence-corrected chi connectivity index (χ3v) is 2.07. The Morgan fingerprint density at radius 3 is 3.00 bits per heavy atom. The number of hydrogen-bond donors (Lipinski definition) is 0. The molecule has 0 spiro atoms. The fraction of sp³-hybridized carbons (Fsp3) is 0.400. The molecule has 0 atom stereocenters. The van der Waals surface area contributed by atoms with Crippen LogP contribution in [0.5, 0.6) is 5.75 Å². The highest BCUT2D eigenvalue weighted by atomic mass is 16.5. The van der Waals surface area contributed by atoms with Crippen molar-refractivity contribution in [1.82, 2.24) is 0 Å². The van der Waals surface area contributed by atoms with Crippen LogP contribution in [0, 0.1) is 6.07 Å². The highest BCUT2D eigenvalue weighted by Gasteiger charge is 2.25. The lowest BCUT2D eigenvalue weighted by molar-refractivity contribution is 0.409. The fourth-order valence-electron chi connectivity index (χ4n) is 1.33. The van der Waals surface area contributed by atoms with Crippen molar-refractivity contribution in [1.29, 1.82) is 0 Å². The van der Waals surface area contributed by atoms with Crippen molar-refractivity contribution in [3.8, 4) is 5.75 Å². The Balaban J connectivity index is 2.34. The lowest BCUT2D eigenvalue weighted by Gasteiger charge is -2.04. The predicted octanol–water partition coefficient (Wildman–Crippen LogP) is 2.37. The van der Waals surface area contributed by atoms with Gasteiger partial charge in [-0.2, -0.15) is 0 Å². The van der Waals surface area contributed by atoms with Crippen LogP contribution in [-0.4, -0.2) is 7.11 Å². The van der Waals surface area contributed by atoms with E-state index < -0.39 is 0 Å². The zero-order chi connectivity index (χ0) is 7.68. The monoisotopic (exact) mass is 147 g/mol. The number of methoxy groups -OCH3 is 1. The fourth-order valence-corrected chi connectivity index (χ4v) is 1.33. The molecule has 1 radical (unpaired) electrons. The molecule has 0 bridgehead atoms. The summed E-state index contributed by atoms with van der Waals surface area (Å²) in [5.74, 6) is 1.68. The van der Waals surface area contributed by atoms with Gasteiger partial charge in [-0.05, 0) is 24.3 Å². The molecule has 1 aromatic carbocycles. The van der Waals surface area contributed by atoms with E-state index in [9.17, 15) is 0 Å². The summed E-state index contributed by atoms with van der Waals surface area (Å²) in [5, 5.41) is 0. The van der Waals surface area contributed by atoms with Crippen molar-refractivity contribution in [2.45, 2.75) is 18.8 Å². The molecule has 0 aromatic heterocycles. The van der Waals surface area contributed by atoms with E-state index in [1.807, 2.05) is 12.1 Å². The summed E-state index contributed by atoms with van der Waals surface area (Å²) in [6.07, 6.45) is 2.63. The highest BCUT2D eigenvalue weighted by Crippen LogP contribution is 2.43. The lowest BCUT2D eigenvalue weighted by atomic mass is 10.1. The quantitative estimate of drug-likeness (QED) is 0.624. The molecular weight excluding hydrogens is 136 g/mol. The van der Waals surface area contributed by atoms with Gasteiger partial charge in [0.2, 0.25) is 0 Å². The largest absolute Gasteiger partial charge is 0.496 e. The second kappa shape index (κ2) is 2.57. The molecule has 57 valence electrons. The molecule has 1 aliphatic rings. The third kappa shape index (κ3) is 1.23. The Morgan fingerprint density at radius 2 is 2.36 bits per heavy atom. The van der Waals surface area contributed by atoms with Crippen LogP contribution in [0.2, 0.25) is 0 Å². The molecule has 0 unspecified atom stereocenters. The summed E-state index contributed by atoms with van der Waals surface area (Å²) in [5.41, 5.74) is 1.33. The van der Waals surface area contributed by atoms with E-state index in [0.29, 0.717) is 0 Å². The van der Waals surface area contributed by atoms with Crippen LogP contribution in [0.1, 0.15) is 24.3 Å². The average Bonchev–Trinajstić information content (AvgIpc) is 2.87. The summed E-state index contributed by atoms with van der Waals surface area (Å²) in [4.78, 5) is 0. The van der Waals surface area contributed by atoms with Gasteiger partial charge in [0, 0.05) is 6.07 Å². The minimum atomic E-state index is 0.752. The van der Waals surface area contributed by atoms with E-state index in [2.05, 4.69) is 12.1 Å². The molecule has 0 saturated heterocycles. The molecule has 1 nitrogen and oxygen atoms in total. The maximum Gasteiger partial charge on any atom is 0.130 e. The van der Waals surface area contributed by atoms with Crippen molar-refractivity contribution >= 4 is 0 Å². The van der Waals surface area contributed by atoms with Gasteiger partial charge in [0.1, 0.15) is 5.75 Å². The Labute approximate surface area is 67.0 Å². The first-order valence-electron chi connectivity index (χ1n) is 3.96. The van der Waals surface area contributed by atoms with Gasteiger partial charge in [-0.15, -0.1) is 0 Å². The van der Waals surface area contributed by atoms with Crippen molar-refractivity contribution in [3.05, 3.63) is 29.8 Å². The molecule has 11 heavy (non-hydrogen) atoms. The number of ether oxygens (including phenoxy) is 1. The van der Waals surface area contributed by atoms with Gasteiger partial charge < -0.3 is 4.74 Å². The molecule has 1 fully saturated rings. The molecule has 1 heteroatoms. The molecule has 2 rings (SSSR count). The van der Waals surface area contributed by atoms with Gasteiger partial charge in [0.15, 0.2) is 0 Å². The Kier molecular flexibility index (Phi) is 1.57. The standard InChI is InChI=1S/C10H11O/c1-11-10-5-3-2-4-9(10)8-6-7-8/h2-4,8H,6-7H2,1H3. The van der Waals surface area contributed by atoms with E-state index in [0.717, 1.165) is 11.7 Å². The Morgan fingerprint density at radius 1 is 1.55 bits per heavy atom. The van der Waals surface area contributed by atoms with Gasteiger partial charge in [-0.1, -0.05) is 18.2 Å². The van der Waals surface area contributed by atoms with Crippen LogP contribution in [0.3, 0.4) is 0 Å². The van der Waals surface area contributed by atoms with Crippen LogP contribution in [0.4, 0.5) is 0 Å². The molecule has 0 aliphatic heterocycles. The zero-order valence-electron chi connectivity index (χ0n) is 6.63. The average molecular weight is 147 g/mol. The smallest absolute Gasteiger partial charge is 0.130 e. The maximum absolute atomic E-state index is 5.19. The summed E-state index contributed by atoms with van der Waals surface area (Å²) in [6.45, 7) is 0. The SMILES string of the molecule is COc1[c]cccc1C1CC1. The summed E-state index contributed by atoms with van der Waals surface area (Å²) in [7, 11) is 1.71. The van der Waals surface area contributed by atoms with Crippen LogP contribution in [-0.2, 0) is 0 Å². The van der Waals surface area contributed by atoms with Crippen LogP contribution < -0.4 is 4.74 Å². The van der Waals surface area contributed by atoms with Gasteiger partial charge >= 0.3 is 0 Å². The van der Waals surface area contributed by atoms with Crippen molar-refractivity contribution < 1.29 is 4.74 Å². The second-order valence-corrected chi connectivity index (χ2v) is 2.93. The summed E-state index contributed by atoms with van der Waals surface area (Å²) in [6, 6.07) is 9.14. The van der Waals surface area contributed by atoms with E-state index in [-0.39, 0.29) is 0 Å². The Hall–Kier alpha value is -0.980. The normalized spacial score (nSPS) is 16.5. The van der Waals surface area contributed by atoms with E-state index >= 15 is 0 Å². The lowest BCUT2D eigenvalue weighted by Crippen LogP contribution is -1.88. The molecular formula is C10H11O. The van der Waals surface area contributed by atoms with Crippen molar-refractivity contribution in [3.63, 3.8) is 0 Å². The first kappa shape index (κ1) is 6.71. The summed E-state index contributed by atoms with van der Waals surface area (Å²) >= 11 is 0. The van der Waals surface area contributed by atoms with E-state index in [1.165, 1.54) is 18.4 Å². The first-order valence-corrected chi connectivity index (χ1v) is 3.96. The molecule has 1 saturated carbocycles. The first-order chi connectivity index (χ1) is 5.42. The van der Waals surface area contributed by atoms with Gasteiger partial charge in [0.25, 0.3) is 0 Å². The molecule has 0 N–H and O–H groups in total. The van der Waals surface area contributed by atoms with Crippen LogP contribution in [0.15, 0.2) is 18.2 Å². The van der Waals surface area contributed by atoms with Crippen LogP contribution in [0.25, 0.3) is 0 Å². The number of rotatable bonds is 2. The number of para-hydroxylation sites is 1. The van der Waals surface area contributed by atoms with Gasteiger partial charge in [-0.3, -0.25) is 0 Å². The minimum absolute atomic E-state index is 0.752. The predicted molar refractivity (Wildman–Crippen MR) is 43.8 cm³/mol. The van der Waals surface area contributed by atoms with Crippen molar-refractivity contribution in [2.24, 2.45) is 0 Å². The second-order valence-electron chi connectivity index (χ2n) is 2.93. The van der Waals surface area contributed by atoms with Crippen molar-refractivity contribution in [2.75, 3.05) is 7.11 Å². The van der Waals surface area contributed by atoms with Gasteiger partial charge in [-0.25, -0.2) is 0 Å². The maximum atomic E-state index is 5.19. The third-order valence-electron chi connectivity index (χ3n) is 2.07. The molecule has 1 aliphatic carbocycles. The molecule has 0 amide bonds. The molecule has 1 aromatic rings. The topological polar surface area (TPSA) is 9.23 Å². The summed E-state index contributed by atoms with van der Waals surface area (Å²) < 4.78 is 5.19. The zero-order valence-corrected chi connectivity index (χ0v) is 6.63. The highest BCUT2D eigenvalue weighted by molar-refractivity contribution is 5.37. The van der Waals surface area contributed by atoms with Crippen LogP contribution >= 0.6 is 0 Å².